The molecule has 140 valence electrons. The summed E-state index contributed by atoms with van der Waals surface area (Å²) in [4.78, 5) is 18.2. The van der Waals surface area contributed by atoms with Crippen LogP contribution >= 0.6 is 11.8 Å². The van der Waals surface area contributed by atoms with Crippen molar-refractivity contribution in [1.29, 1.82) is 0 Å². The molecule has 1 aliphatic carbocycles. The molecule has 0 aromatic carbocycles. The van der Waals surface area contributed by atoms with Gasteiger partial charge in [0.15, 0.2) is 5.65 Å². The van der Waals surface area contributed by atoms with Gasteiger partial charge < -0.3 is 4.90 Å². The Bertz CT molecular complexity index is 952. The molecule has 5 rings (SSSR count). The van der Waals surface area contributed by atoms with E-state index in [4.69, 9.17) is 4.98 Å². The highest BCUT2D eigenvalue weighted by atomic mass is 32.2. The molecule has 0 unspecified atom stereocenters. The molecule has 1 spiro atoms. The topological polar surface area (TPSA) is 59.2 Å². The fraction of sp³-hybridized carbons (Fsp3) is 0.500. The van der Waals surface area contributed by atoms with Gasteiger partial charge in [-0.05, 0) is 50.2 Å². The van der Waals surface area contributed by atoms with E-state index in [1.54, 1.807) is 18.1 Å². The van der Waals surface area contributed by atoms with Gasteiger partial charge in [0, 0.05) is 30.4 Å². The number of piperidine rings is 1. The van der Waals surface area contributed by atoms with Gasteiger partial charge in [-0.2, -0.15) is 9.61 Å². The monoisotopic (exact) mass is 380 g/mol. The first-order chi connectivity index (χ1) is 13.2. The summed E-state index contributed by atoms with van der Waals surface area (Å²) in [6.45, 7) is 4.16. The molecule has 27 heavy (non-hydrogen) atoms. The van der Waals surface area contributed by atoms with Crippen molar-refractivity contribution in [1.82, 2.24) is 24.6 Å². The predicted molar refractivity (Wildman–Crippen MR) is 106 cm³/mol. The molecule has 1 saturated heterocycles. The Morgan fingerprint density at radius 3 is 2.59 bits per heavy atom. The van der Waals surface area contributed by atoms with Gasteiger partial charge in [0.05, 0.1) is 10.6 Å². The zero-order valence-electron chi connectivity index (χ0n) is 15.6. The van der Waals surface area contributed by atoms with Gasteiger partial charge >= 0.3 is 0 Å². The smallest absolute Gasteiger partial charge is 0.228 e. The van der Waals surface area contributed by atoms with Gasteiger partial charge in [-0.1, -0.05) is 24.6 Å². The summed E-state index contributed by atoms with van der Waals surface area (Å²) in [5, 5.41) is 4.48. The van der Waals surface area contributed by atoms with Gasteiger partial charge in [0.25, 0.3) is 0 Å². The summed E-state index contributed by atoms with van der Waals surface area (Å²) in [5.41, 5.74) is 2.49. The number of pyridine rings is 1. The number of aryl methyl sites for hydroxylation is 1. The summed E-state index contributed by atoms with van der Waals surface area (Å²) >= 11 is 1.65. The Morgan fingerprint density at radius 2 is 1.81 bits per heavy atom. The number of rotatable bonds is 3. The van der Waals surface area contributed by atoms with Crippen LogP contribution in [-0.4, -0.2) is 37.7 Å². The maximum Gasteiger partial charge on any atom is 0.228 e. The van der Waals surface area contributed by atoms with Gasteiger partial charge in [0.1, 0.15) is 6.33 Å². The predicted octanol–water partition coefficient (Wildman–Crippen LogP) is 4.14. The lowest BCUT2D eigenvalue weighted by Gasteiger charge is -2.39. The highest BCUT2D eigenvalue weighted by Gasteiger charge is 2.37. The fourth-order valence-corrected chi connectivity index (χ4v) is 5.49. The first-order valence-electron chi connectivity index (χ1n) is 9.77. The second kappa shape index (κ2) is 6.78. The summed E-state index contributed by atoms with van der Waals surface area (Å²) in [6.07, 6.45) is 13.6. The number of anilines is 1. The third-order valence-corrected chi connectivity index (χ3v) is 7.36. The largest absolute Gasteiger partial charge is 0.341 e. The van der Waals surface area contributed by atoms with Crippen LogP contribution in [0.3, 0.4) is 0 Å². The molecule has 0 amide bonds. The van der Waals surface area contributed by atoms with E-state index in [-0.39, 0.29) is 0 Å². The molecular formula is C20H24N6S. The number of hydrogen-bond acceptors (Lipinski definition) is 6. The van der Waals surface area contributed by atoms with Gasteiger partial charge in [-0.25, -0.2) is 9.97 Å². The van der Waals surface area contributed by atoms with E-state index in [9.17, 15) is 0 Å². The Morgan fingerprint density at radius 1 is 1.00 bits per heavy atom. The van der Waals surface area contributed by atoms with Crippen molar-refractivity contribution < 1.29 is 0 Å². The van der Waals surface area contributed by atoms with Crippen molar-refractivity contribution in [2.45, 2.75) is 55.2 Å². The molecule has 1 saturated carbocycles. The van der Waals surface area contributed by atoms with Crippen LogP contribution < -0.4 is 4.90 Å². The third kappa shape index (κ3) is 3.08. The Kier molecular flexibility index (Phi) is 4.27. The minimum atomic E-state index is 0.603. The summed E-state index contributed by atoms with van der Waals surface area (Å²) in [6, 6.07) is 4.05. The van der Waals surface area contributed by atoms with Crippen LogP contribution in [0.1, 0.15) is 44.2 Å². The highest BCUT2D eigenvalue weighted by Crippen LogP contribution is 2.46. The fourth-order valence-electron chi connectivity index (χ4n) is 4.57. The Labute approximate surface area is 163 Å². The molecule has 3 aromatic heterocycles. The van der Waals surface area contributed by atoms with Crippen LogP contribution in [0.4, 0.5) is 5.95 Å². The first-order valence-corrected chi connectivity index (χ1v) is 10.6. The zero-order valence-corrected chi connectivity index (χ0v) is 16.5. The van der Waals surface area contributed by atoms with Gasteiger partial charge in [-0.15, -0.1) is 0 Å². The lowest BCUT2D eigenvalue weighted by molar-refractivity contribution is 0.225. The summed E-state index contributed by atoms with van der Waals surface area (Å²) in [5.74, 6) is 0.919. The molecule has 0 radical (unpaired) electrons. The molecular weight excluding hydrogens is 356 g/mol. The number of aromatic nitrogens is 5. The van der Waals surface area contributed by atoms with Crippen molar-refractivity contribution in [2.75, 3.05) is 18.0 Å². The maximum absolute atomic E-state index is 4.79. The molecule has 2 fully saturated rings. The molecule has 1 aliphatic heterocycles. The van der Waals surface area contributed by atoms with Crippen LogP contribution in [0.5, 0.6) is 0 Å². The average molecular weight is 381 g/mol. The van der Waals surface area contributed by atoms with Crippen molar-refractivity contribution in [3.63, 3.8) is 0 Å². The minimum Gasteiger partial charge on any atom is -0.341 e. The second-order valence-corrected chi connectivity index (χ2v) is 8.88. The van der Waals surface area contributed by atoms with E-state index < -0.39 is 0 Å². The molecule has 4 heterocycles. The molecule has 0 atom stereocenters. The molecule has 7 heteroatoms. The van der Waals surface area contributed by atoms with Crippen molar-refractivity contribution >= 4 is 23.4 Å². The lowest BCUT2D eigenvalue weighted by atomic mass is 9.77. The van der Waals surface area contributed by atoms with Crippen LogP contribution in [0.15, 0.2) is 40.6 Å². The van der Waals surface area contributed by atoms with E-state index in [1.807, 2.05) is 29.9 Å². The normalized spacial score (nSPS) is 19.2. The standard InChI is InChI=1S/C20H24N6S/c1-15-16(5-4-10-21-15)27-17-13-22-19(26-18(17)23-14-24-26)25-11-8-20(9-12-25)6-2-3-7-20/h4-5,10,13-14H,2-3,6-9,11-12H2,1H3. The minimum absolute atomic E-state index is 0.603. The number of nitrogens with zero attached hydrogens (tertiary/aromatic N) is 6. The second-order valence-electron chi connectivity index (χ2n) is 7.80. The van der Waals surface area contributed by atoms with Crippen LogP contribution in [0.2, 0.25) is 0 Å². The summed E-state index contributed by atoms with van der Waals surface area (Å²) < 4.78 is 1.90. The Hall–Kier alpha value is -2.15. The van der Waals surface area contributed by atoms with E-state index in [0.29, 0.717) is 5.41 Å². The van der Waals surface area contributed by atoms with E-state index in [1.165, 1.54) is 38.5 Å². The van der Waals surface area contributed by atoms with Crippen molar-refractivity contribution in [2.24, 2.45) is 5.41 Å². The number of fused-ring (bicyclic) bond motifs is 1. The van der Waals surface area contributed by atoms with Crippen LogP contribution in [0.25, 0.3) is 5.65 Å². The molecule has 0 bridgehead atoms. The molecule has 2 aliphatic rings. The third-order valence-electron chi connectivity index (χ3n) is 6.20. The van der Waals surface area contributed by atoms with Crippen molar-refractivity contribution in [3.05, 3.63) is 36.5 Å². The highest BCUT2D eigenvalue weighted by molar-refractivity contribution is 7.99. The number of hydrogen-bond donors (Lipinski definition) is 0. The quantitative estimate of drug-likeness (QED) is 0.681. The average Bonchev–Trinajstić information content (AvgIpc) is 3.35. The molecule has 6 nitrogen and oxygen atoms in total. The Balaban J connectivity index is 1.42. The van der Waals surface area contributed by atoms with Crippen LogP contribution in [0, 0.1) is 12.3 Å². The van der Waals surface area contributed by atoms with Crippen LogP contribution in [-0.2, 0) is 0 Å². The summed E-state index contributed by atoms with van der Waals surface area (Å²) in [7, 11) is 0. The van der Waals surface area contributed by atoms with E-state index in [0.717, 1.165) is 40.2 Å². The lowest BCUT2D eigenvalue weighted by Crippen LogP contribution is -2.40. The molecule has 3 aromatic rings. The van der Waals surface area contributed by atoms with E-state index >= 15 is 0 Å². The first kappa shape index (κ1) is 17.0. The van der Waals surface area contributed by atoms with Gasteiger partial charge in [-0.3, -0.25) is 4.98 Å². The van der Waals surface area contributed by atoms with Crippen molar-refractivity contribution in [3.8, 4) is 0 Å². The molecule has 0 N–H and O–H groups in total. The SMILES string of the molecule is Cc1ncccc1Sc1cnc(N2CCC3(CCCC3)CC2)n2ncnc12. The van der Waals surface area contributed by atoms with Gasteiger partial charge in [0.2, 0.25) is 5.95 Å². The zero-order chi connectivity index (χ0) is 18.3. The maximum atomic E-state index is 4.79. The van der Waals surface area contributed by atoms with E-state index in [2.05, 4.69) is 26.0 Å².